The largest absolute Gasteiger partial charge is 0.500 e. The van der Waals surface area contributed by atoms with Crippen molar-refractivity contribution in [2.75, 3.05) is 7.11 Å². The maximum atomic E-state index is 13.0. The summed E-state index contributed by atoms with van der Waals surface area (Å²) < 4.78 is 5.53. The van der Waals surface area contributed by atoms with E-state index in [1.165, 1.54) is 5.56 Å². The summed E-state index contributed by atoms with van der Waals surface area (Å²) in [4.78, 5) is 25.3. The normalized spacial score (nSPS) is 17.9. The lowest BCUT2D eigenvalue weighted by Gasteiger charge is -2.21. The quantitative estimate of drug-likeness (QED) is 0.903. The first-order valence-electron chi connectivity index (χ1n) is 8.74. The molecule has 0 fully saturated rings. The van der Waals surface area contributed by atoms with Crippen LogP contribution in [0.5, 0.6) is 0 Å². The van der Waals surface area contributed by atoms with Crippen LogP contribution in [0.15, 0.2) is 17.9 Å². The van der Waals surface area contributed by atoms with Crippen molar-refractivity contribution < 1.29 is 14.3 Å². The molecule has 1 amide bonds. The smallest absolute Gasteiger partial charge is 0.221 e. The van der Waals surface area contributed by atoms with Gasteiger partial charge in [-0.2, -0.15) is 0 Å². The maximum Gasteiger partial charge on any atom is 0.221 e. The number of amides is 1. The molecule has 1 aliphatic carbocycles. The van der Waals surface area contributed by atoms with Crippen LogP contribution in [0.4, 0.5) is 0 Å². The number of Topliss-reactive ketones (excluding diaryl/α,β-unsaturated/α-hetero) is 1. The predicted octanol–water partition coefficient (Wildman–Crippen LogP) is 3.86. The first-order valence-corrected chi connectivity index (χ1v) is 8.74. The number of rotatable bonds is 4. The number of allylic oxidation sites excluding steroid dienone is 2. The van der Waals surface area contributed by atoms with Gasteiger partial charge in [0.25, 0.3) is 0 Å². The molecule has 1 unspecified atom stereocenters. The molecule has 4 nitrogen and oxygen atoms in total. The molecule has 0 aromatic heterocycles. The molecule has 0 saturated heterocycles. The number of methoxy groups -OCH3 is 1. The zero-order chi connectivity index (χ0) is 18.9. The molecule has 0 heterocycles. The van der Waals surface area contributed by atoms with Gasteiger partial charge in [0.15, 0.2) is 5.78 Å². The molecule has 2 rings (SSSR count). The number of benzene rings is 1. The van der Waals surface area contributed by atoms with Gasteiger partial charge in [0.1, 0.15) is 5.76 Å². The molecule has 0 aliphatic heterocycles. The number of nitrogens with one attached hydrogen (secondary N) is 1. The summed E-state index contributed by atoms with van der Waals surface area (Å²) in [5.41, 5.74) is 4.59. The summed E-state index contributed by atoms with van der Waals surface area (Å²) in [5.74, 6) is 0.247. The minimum absolute atomic E-state index is 0.0102. The second-order valence-corrected chi connectivity index (χ2v) is 8.04. The van der Waals surface area contributed by atoms with Gasteiger partial charge < -0.3 is 10.1 Å². The highest BCUT2D eigenvalue weighted by Crippen LogP contribution is 2.39. The van der Waals surface area contributed by atoms with Gasteiger partial charge in [0.2, 0.25) is 5.91 Å². The highest BCUT2D eigenvalue weighted by atomic mass is 16.5. The number of hydrogen-bond donors (Lipinski definition) is 1. The van der Waals surface area contributed by atoms with Crippen LogP contribution >= 0.6 is 0 Å². The van der Waals surface area contributed by atoms with Crippen molar-refractivity contribution in [1.82, 2.24) is 5.32 Å². The molecule has 0 radical (unpaired) electrons. The highest BCUT2D eigenvalue weighted by Gasteiger charge is 2.37. The van der Waals surface area contributed by atoms with Crippen LogP contribution < -0.4 is 5.32 Å². The molecule has 1 aromatic rings. The summed E-state index contributed by atoms with van der Waals surface area (Å²) in [6, 6.07) is 4.16. The second kappa shape index (κ2) is 7.03. The molecule has 1 aromatic carbocycles. The molecular weight excluding hydrogens is 314 g/mol. The zero-order valence-electron chi connectivity index (χ0n) is 16.4. The minimum atomic E-state index is -0.354. The summed E-state index contributed by atoms with van der Waals surface area (Å²) in [6.45, 7) is 11.9. The highest BCUT2D eigenvalue weighted by molar-refractivity contribution is 6.25. The van der Waals surface area contributed by atoms with Crippen LogP contribution in [-0.2, 0) is 14.3 Å². The summed E-state index contributed by atoms with van der Waals surface area (Å²) in [6.07, 6.45) is 0.672. The third-order valence-electron chi connectivity index (χ3n) is 4.45. The molecule has 4 heteroatoms. The number of ketones is 1. The Labute approximate surface area is 150 Å². The van der Waals surface area contributed by atoms with Crippen LogP contribution in [0, 0.1) is 26.7 Å². The average molecular weight is 343 g/mol. The third kappa shape index (κ3) is 4.30. The lowest BCUT2D eigenvalue weighted by molar-refractivity contribution is -0.127. The van der Waals surface area contributed by atoms with Crippen molar-refractivity contribution in [2.45, 2.75) is 59.9 Å². The summed E-state index contributed by atoms with van der Waals surface area (Å²) in [5, 5.41) is 2.93. The number of hydrogen-bond acceptors (Lipinski definition) is 3. The van der Waals surface area contributed by atoms with Gasteiger partial charge >= 0.3 is 0 Å². The molecule has 0 saturated carbocycles. The van der Waals surface area contributed by atoms with Crippen LogP contribution in [-0.4, -0.2) is 24.3 Å². The maximum absolute atomic E-state index is 13.0. The van der Waals surface area contributed by atoms with Crippen molar-refractivity contribution >= 4 is 17.3 Å². The second-order valence-electron chi connectivity index (χ2n) is 8.04. The third-order valence-corrected chi connectivity index (χ3v) is 4.45. The number of aryl methyl sites for hydroxylation is 3. The van der Waals surface area contributed by atoms with Gasteiger partial charge in [0.05, 0.1) is 12.7 Å². The van der Waals surface area contributed by atoms with E-state index in [2.05, 4.69) is 17.4 Å². The van der Waals surface area contributed by atoms with Gasteiger partial charge in [-0.1, -0.05) is 17.7 Å². The van der Waals surface area contributed by atoms with Crippen molar-refractivity contribution in [1.29, 1.82) is 0 Å². The van der Waals surface area contributed by atoms with E-state index >= 15 is 0 Å². The molecule has 1 aliphatic rings. The van der Waals surface area contributed by atoms with Crippen molar-refractivity contribution in [3.8, 4) is 0 Å². The average Bonchev–Trinajstić information content (AvgIpc) is 2.73. The van der Waals surface area contributed by atoms with Crippen LogP contribution in [0.3, 0.4) is 0 Å². The Balaban J connectivity index is 2.31. The molecule has 0 spiro atoms. The first-order chi connectivity index (χ1) is 11.5. The van der Waals surface area contributed by atoms with E-state index in [9.17, 15) is 9.59 Å². The predicted molar refractivity (Wildman–Crippen MR) is 100 cm³/mol. The molecular formula is C21H29NO3. The first kappa shape index (κ1) is 19.2. The van der Waals surface area contributed by atoms with Crippen LogP contribution in [0.2, 0.25) is 0 Å². The van der Waals surface area contributed by atoms with E-state index in [1.54, 1.807) is 7.11 Å². The van der Waals surface area contributed by atoms with Crippen molar-refractivity contribution in [3.05, 3.63) is 40.1 Å². The van der Waals surface area contributed by atoms with E-state index in [0.717, 1.165) is 16.7 Å². The van der Waals surface area contributed by atoms with Crippen molar-refractivity contribution in [2.24, 2.45) is 5.92 Å². The Kier molecular flexibility index (Phi) is 5.40. The molecule has 136 valence electrons. The van der Waals surface area contributed by atoms with Crippen LogP contribution in [0.25, 0.3) is 5.57 Å². The van der Waals surface area contributed by atoms with Gasteiger partial charge in [-0.3, -0.25) is 9.59 Å². The summed E-state index contributed by atoms with van der Waals surface area (Å²) >= 11 is 0. The topological polar surface area (TPSA) is 55.4 Å². The van der Waals surface area contributed by atoms with Gasteiger partial charge in [-0.05, 0) is 58.2 Å². The lowest BCUT2D eigenvalue weighted by atomic mass is 9.90. The standard InChI is InChI=1S/C21H29NO3/c1-12-8-13(2)18(14(3)9-12)19-16(25-7)10-15(20(19)24)11-17(23)22-21(4,5)6/h8-9,15H,10-11H2,1-7H3,(H,22,23). The minimum Gasteiger partial charge on any atom is -0.500 e. The molecule has 25 heavy (non-hydrogen) atoms. The lowest BCUT2D eigenvalue weighted by Crippen LogP contribution is -2.41. The van der Waals surface area contributed by atoms with Crippen LogP contribution in [0.1, 0.15) is 55.9 Å². The number of carbonyl (C=O) groups is 2. The summed E-state index contributed by atoms with van der Waals surface area (Å²) in [7, 11) is 1.60. The van der Waals surface area contributed by atoms with Gasteiger partial charge in [0, 0.05) is 24.3 Å². The van der Waals surface area contributed by atoms with E-state index in [1.807, 2.05) is 41.5 Å². The Morgan fingerprint density at radius 3 is 2.24 bits per heavy atom. The fourth-order valence-electron chi connectivity index (χ4n) is 3.64. The van der Waals surface area contributed by atoms with E-state index in [-0.39, 0.29) is 29.6 Å². The van der Waals surface area contributed by atoms with E-state index < -0.39 is 0 Å². The zero-order valence-corrected chi connectivity index (χ0v) is 16.4. The number of carbonyl (C=O) groups excluding carboxylic acids is 2. The van der Waals surface area contributed by atoms with E-state index in [0.29, 0.717) is 17.8 Å². The molecule has 1 atom stereocenters. The fourth-order valence-corrected chi connectivity index (χ4v) is 3.64. The van der Waals surface area contributed by atoms with Gasteiger partial charge in [-0.15, -0.1) is 0 Å². The van der Waals surface area contributed by atoms with E-state index in [4.69, 9.17) is 4.74 Å². The van der Waals surface area contributed by atoms with Gasteiger partial charge in [-0.25, -0.2) is 0 Å². The Hall–Kier alpha value is -2.10. The molecule has 0 bridgehead atoms. The Morgan fingerprint density at radius 2 is 1.76 bits per heavy atom. The van der Waals surface area contributed by atoms with Crippen molar-refractivity contribution in [3.63, 3.8) is 0 Å². The molecule has 1 N–H and O–H groups in total. The SMILES string of the molecule is COC1=C(c2c(C)cc(C)cc2C)C(=O)C(CC(=O)NC(C)(C)C)C1. The number of ether oxygens (including phenoxy) is 1. The fraction of sp³-hybridized carbons (Fsp3) is 0.524. The monoisotopic (exact) mass is 343 g/mol. The Morgan fingerprint density at radius 1 is 1.20 bits per heavy atom. The Bertz CT molecular complexity index is 715.